The van der Waals surface area contributed by atoms with E-state index in [4.69, 9.17) is 4.74 Å². The Balaban J connectivity index is 1.25. The number of aryl methyl sites for hydroxylation is 1. The van der Waals surface area contributed by atoms with Crippen LogP contribution in [0.3, 0.4) is 0 Å². The number of imidazole rings is 1. The summed E-state index contributed by atoms with van der Waals surface area (Å²) in [7, 11) is 0. The van der Waals surface area contributed by atoms with Crippen LogP contribution in [0.2, 0.25) is 0 Å². The molecular formula is C30H25F2N3O3S. The van der Waals surface area contributed by atoms with Gasteiger partial charge >= 0.3 is 0 Å². The van der Waals surface area contributed by atoms with E-state index < -0.39 is 11.6 Å². The second-order valence-corrected chi connectivity index (χ2v) is 10.3. The second-order valence-electron chi connectivity index (χ2n) is 9.24. The third kappa shape index (κ3) is 6.43. The summed E-state index contributed by atoms with van der Waals surface area (Å²) in [6.07, 6.45) is 5.98. The number of Topliss-reactive ketones (excluding diaryl/α,β-unsaturated/α-hetero) is 2. The first-order valence-corrected chi connectivity index (χ1v) is 13.3. The molecule has 6 nitrogen and oxygen atoms in total. The van der Waals surface area contributed by atoms with Gasteiger partial charge in [-0.1, -0.05) is 25.1 Å². The maximum absolute atomic E-state index is 15.0. The molecule has 0 atom stereocenters. The van der Waals surface area contributed by atoms with Gasteiger partial charge in [0, 0.05) is 37.8 Å². The van der Waals surface area contributed by atoms with E-state index in [0.29, 0.717) is 16.9 Å². The van der Waals surface area contributed by atoms with E-state index in [1.54, 1.807) is 30.7 Å². The number of pyridine rings is 1. The van der Waals surface area contributed by atoms with Crippen LogP contribution < -0.4 is 4.74 Å². The number of hydrogen-bond donors (Lipinski definition) is 0. The number of halogens is 2. The van der Waals surface area contributed by atoms with Crippen LogP contribution in [-0.4, -0.2) is 26.1 Å². The van der Waals surface area contributed by atoms with Crippen LogP contribution in [0.4, 0.5) is 8.78 Å². The zero-order valence-corrected chi connectivity index (χ0v) is 22.0. The molecule has 0 saturated heterocycles. The van der Waals surface area contributed by atoms with E-state index in [1.165, 1.54) is 41.7 Å². The molecule has 5 aromatic rings. The van der Waals surface area contributed by atoms with Crippen LogP contribution in [0.5, 0.6) is 11.5 Å². The van der Waals surface area contributed by atoms with Crippen LogP contribution >= 0.6 is 11.3 Å². The Hall–Kier alpha value is -4.24. The summed E-state index contributed by atoms with van der Waals surface area (Å²) < 4.78 is 37.0. The van der Waals surface area contributed by atoms with E-state index in [0.717, 1.165) is 33.8 Å². The van der Waals surface area contributed by atoms with Crippen molar-refractivity contribution in [1.82, 2.24) is 14.5 Å². The zero-order valence-electron chi connectivity index (χ0n) is 21.2. The summed E-state index contributed by atoms with van der Waals surface area (Å²) in [5.74, 6) is -1.23. The smallest absolute Gasteiger partial charge is 0.166 e. The largest absolute Gasteiger partial charge is 0.453 e. The third-order valence-electron chi connectivity index (χ3n) is 6.05. The van der Waals surface area contributed by atoms with E-state index in [9.17, 15) is 18.4 Å². The highest BCUT2D eigenvalue weighted by Crippen LogP contribution is 2.39. The van der Waals surface area contributed by atoms with Gasteiger partial charge in [-0.05, 0) is 47.9 Å². The lowest BCUT2D eigenvalue weighted by Crippen LogP contribution is -2.12. The van der Waals surface area contributed by atoms with E-state index >= 15 is 0 Å². The molecule has 0 radical (unpaired) electrons. The lowest BCUT2D eigenvalue weighted by molar-refractivity contribution is -0.126. The molecule has 0 unspecified atom stereocenters. The van der Waals surface area contributed by atoms with Crippen molar-refractivity contribution < 1.29 is 23.1 Å². The first-order valence-electron chi connectivity index (χ1n) is 12.5. The SMILES string of the molecule is CCCn1cnc(-c2cc3nccc(Oc4ccc(CC(=O)CC(=O)Cc5cccc(F)c5)cc4F)c3s2)c1. The molecule has 0 aliphatic carbocycles. The molecule has 0 fully saturated rings. The summed E-state index contributed by atoms with van der Waals surface area (Å²) in [5, 5.41) is 0. The highest BCUT2D eigenvalue weighted by molar-refractivity contribution is 7.22. The Kier molecular flexibility index (Phi) is 7.88. The molecule has 3 heterocycles. The first-order chi connectivity index (χ1) is 18.9. The number of aromatic nitrogens is 3. The van der Waals surface area contributed by atoms with Crippen LogP contribution in [-0.2, 0) is 29.0 Å². The van der Waals surface area contributed by atoms with Crippen molar-refractivity contribution in [3.8, 4) is 22.1 Å². The quantitative estimate of drug-likeness (QED) is 0.168. The fourth-order valence-corrected chi connectivity index (χ4v) is 5.32. The summed E-state index contributed by atoms with van der Waals surface area (Å²) in [6, 6.07) is 13.6. The fourth-order valence-electron chi connectivity index (χ4n) is 4.29. The number of nitrogens with zero attached hydrogens (tertiary/aromatic N) is 3. The minimum absolute atomic E-state index is 0.0167. The summed E-state index contributed by atoms with van der Waals surface area (Å²) in [5.41, 5.74) is 2.51. The Labute approximate surface area is 227 Å². The lowest BCUT2D eigenvalue weighted by Gasteiger charge is -2.09. The molecule has 2 aromatic carbocycles. The molecule has 0 aliphatic rings. The van der Waals surface area contributed by atoms with Gasteiger partial charge in [0.2, 0.25) is 0 Å². The Morgan fingerprint density at radius 2 is 1.74 bits per heavy atom. The predicted molar refractivity (Wildman–Crippen MR) is 146 cm³/mol. The van der Waals surface area contributed by atoms with Crippen molar-refractivity contribution in [3.05, 3.63) is 96.1 Å². The number of carbonyl (C=O) groups is 2. The number of benzene rings is 2. The highest BCUT2D eigenvalue weighted by Gasteiger charge is 2.16. The molecule has 0 spiro atoms. The summed E-state index contributed by atoms with van der Waals surface area (Å²) in [6.45, 7) is 2.99. The van der Waals surface area contributed by atoms with Gasteiger partial charge in [-0.25, -0.2) is 13.8 Å². The van der Waals surface area contributed by atoms with Crippen molar-refractivity contribution >= 4 is 33.1 Å². The van der Waals surface area contributed by atoms with Crippen LogP contribution in [0.25, 0.3) is 20.8 Å². The fraction of sp³-hybridized carbons (Fsp3) is 0.200. The normalized spacial score (nSPS) is 11.2. The maximum atomic E-state index is 15.0. The minimum Gasteiger partial charge on any atom is -0.453 e. The van der Waals surface area contributed by atoms with E-state index in [-0.39, 0.29) is 36.6 Å². The average molecular weight is 546 g/mol. The van der Waals surface area contributed by atoms with E-state index in [2.05, 4.69) is 16.9 Å². The molecule has 0 saturated carbocycles. The standard InChI is InChI=1S/C30H25F2N3O3S/c1-2-10-35-17-26(34-18-35)29-16-25-30(39-29)28(8-9-33-25)38-27-7-6-20(14-24(27)32)13-23(37)15-22(36)12-19-4-3-5-21(31)11-19/h3-9,11,14,16-18H,2,10,12-13,15H2,1H3. The van der Waals surface area contributed by atoms with Gasteiger partial charge in [0.1, 0.15) is 23.1 Å². The topological polar surface area (TPSA) is 74.1 Å². The van der Waals surface area contributed by atoms with Crippen LogP contribution in [0.1, 0.15) is 30.9 Å². The molecule has 0 bridgehead atoms. The number of thiophene rings is 1. The van der Waals surface area contributed by atoms with Gasteiger partial charge in [0.25, 0.3) is 0 Å². The van der Waals surface area contributed by atoms with Gasteiger partial charge in [0.15, 0.2) is 11.6 Å². The third-order valence-corrected chi connectivity index (χ3v) is 7.21. The highest BCUT2D eigenvalue weighted by atomic mass is 32.1. The lowest BCUT2D eigenvalue weighted by atomic mass is 10.0. The summed E-state index contributed by atoms with van der Waals surface area (Å²) in [4.78, 5) is 34.5. The molecule has 39 heavy (non-hydrogen) atoms. The van der Waals surface area contributed by atoms with Crippen LogP contribution in [0, 0.1) is 11.6 Å². The molecule has 0 N–H and O–H groups in total. The van der Waals surface area contributed by atoms with Crippen molar-refractivity contribution in [2.75, 3.05) is 0 Å². The number of fused-ring (bicyclic) bond motifs is 1. The van der Waals surface area contributed by atoms with Gasteiger partial charge in [-0.15, -0.1) is 11.3 Å². The Bertz CT molecular complexity index is 1660. The molecule has 3 aromatic heterocycles. The molecular weight excluding hydrogens is 520 g/mol. The van der Waals surface area contributed by atoms with Gasteiger partial charge in [-0.3, -0.25) is 14.6 Å². The minimum atomic E-state index is -0.619. The summed E-state index contributed by atoms with van der Waals surface area (Å²) >= 11 is 1.47. The Morgan fingerprint density at radius 3 is 2.49 bits per heavy atom. The predicted octanol–water partition coefficient (Wildman–Crippen LogP) is 6.95. The van der Waals surface area contributed by atoms with Crippen molar-refractivity contribution in [2.45, 2.75) is 39.2 Å². The van der Waals surface area contributed by atoms with Gasteiger partial charge in [-0.2, -0.15) is 0 Å². The maximum Gasteiger partial charge on any atom is 0.166 e. The molecule has 0 amide bonds. The number of ketones is 2. The zero-order chi connectivity index (χ0) is 27.4. The number of rotatable bonds is 11. The van der Waals surface area contributed by atoms with Crippen LogP contribution in [0.15, 0.2) is 73.3 Å². The monoisotopic (exact) mass is 545 g/mol. The Morgan fingerprint density at radius 1 is 0.949 bits per heavy atom. The van der Waals surface area contributed by atoms with Crippen molar-refractivity contribution in [2.24, 2.45) is 0 Å². The first kappa shape index (κ1) is 26.4. The molecule has 198 valence electrons. The average Bonchev–Trinajstić information content (AvgIpc) is 3.53. The van der Waals surface area contributed by atoms with Gasteiger partial charge in [0.05, 0.1) is 33.5 Å². The second kappa shape index (κ2) is 11.7. The van der Waals surface area contributed by atoms with Crippen molar-refractivity contribution in [1.29, 1.82) is 0 Å². The number of ether oxygens (including phenoxy) is 1. The molecule has 5 rings (SSSR count). The van der Waals surface area contributed by atoms with E-state index in [1.807, 2.05) is 16.8 Å². The number of carbonyl (C=O) groups excluding carboxylic acids is 2. The molecule has 0 aliphatic heterocycles. The number of hydrogen-bond acceptors (Lipinski definition) is 6. The molecule has 9 heteroatoms. The van der Waals surface area contributed by atoms with Gasteiger partial charge < -0.3 is 9.30 Å². The van der Waals surface area contributed by atoms with Crippen molar-refractivity contribution in [3.63, 3.8) is 0 Å².